The van der Waals surface area contributed by atoms with Crippen LogP contribution in [0.1, 0.15) is 27.2 Å². The third-order valence-electron chi connectivity index (χ3n) is 6.90. The van der Waals surface area contributed by atoms with Crippen LogP contribution in [0.4, 0.5) is 24.5 Å². The molecule has 0 saturated carbocycles. The van der Waals surface area contributed by atoms with Gasteiger partial charge in [0.2, 0.25) is 0 Å². The number of ether oxygens (including phenoxy) is 1. The van der Waals surface area contributed by atoms with E-state index >= 15 is 0 Å². The summed E-state index contributed by atoms with van der Waals surface area (Å²) in [6.07, 6.45) is -3.28. The molecule has 0 spiro atoms. The second kappa shape index (κ2) is 9.51. The quantitative estimate of drug-likeness (QED) is 0.524. The molecule has 37 heavy (non-hydrogen) atoms. The standard InChI is InChI=1S/C27H24F3N3O4/c1-15-2-5-19(32-25(34)18-6-7-31-24(12-18)27(28,29)30)13-20(15)16-3-4-17-10-21(26(35)36)23-14-37-9-8-33(23)22(17)11-16/h2-7,11-13,21,23H,8-10,14H2,1H3,(H,32,34)(H,35,36)/t21-,23+/m1/s1. The minimum atomic E-state index is -4.65. The minimum absolute atomic E-state index is 0.149. The van der Waals surface area contributed by atoms with Crippen molar-refractivity contribution in [3.63, 3.8) is 0 Å². The number of benzene rings is 2. The van der Waals surface area contributed by atoms with E-state index in [1.54, 1.807) is 12.1 Å². The topological polar surface area (TPSA) is 91.8 Å². The summed E-state index contributed by atoms with van der Waals surface area (Å²) in [6.45, 7) is 3.38. The highest BCUT2D eigenvalue weighted by atomic mass is 19.4. The fraction of sp³-hybridized carbons (Fsp3) is 0.296. The second-order valence-electron chi connectivity index (χ2n) is 9.24. The first-order valence-corrected chi connectivity index (χ1v) is 11.8. The summed E-state index contributed by atoms with van der Waals surface area (Å²) < 4.78 is 44.6. The molecule has 10 heteroatoms. The monoisotopic (exact) mass is 511 g/mol. The zero-order valence-corrected chi connectivity index (χ0v) is 19.9. The van der Waals surface area contributed by atoms with E-state index in [0.717, 1.165) is 40.2 Å². The van der Waals surface area contributed by atoms with Gasteiger partial charge in [0.15, 0.2) is 0 Å². The van der Waals surface area contributed by atoms with Crippen LogP contribution in [0.3, 0.4) is 0 Å². The number of rotatable bonds is 4. The number of fused-ring (bicyclic) bond motifs is 3. The Labute approximate surface area is 210 Å². The fourth-order valence-corrected chi connectivity index (χ4v) is 4.99. The first-order valence-electron chi connectivity index (χ1n) is 11.8. The van der Waals surface area contributed by atoms with Gasteiger partial charge in [0.25, 0.3) is 5.91 Å². The number of halogens is 3. The van der Waals surface area contributed by atoms with Crippen molar-refractivity contribution in [2.24, 2.45) is 5.92 Å². The van der Waals surface area contributed by atoms with Gasteiger partial charge < -0.3 is 20.1 Å². The van der Waals surface area contributed by atoms with Gasteiger partial charge in [-0.05, 0) is 65.9 Å². The SMILES string of the molecule is Cc1ccc(NC(=O)c2ccnc(C(F)(F)F)c2)cc1-c1ccc2c(c1)N1CCOC[C@H]1[C@H](C(=O)O)C2. The molecule has 1 amide bonds. The molecule has 0 aliphatic carbocycles. The van der Waals surface area contributed by atoms with E-state index < -0.39 is 29.7 Å². The number of pyridine rings is 1. The van der Waals surface area contributed by atoms with E-state index in [0.29, 0.717) is 31.9 Å². The van der Waals surface area contributed by atoms with Crippen LogP contribution in [0.25, 0.3) is 11.1 Å². The maximum atomic E-state index is 13.0. The number of anilines is 2. The Morgan fingerprint density at radius 1 is 1.14 bits per heavy atom. The van der Waals surface area contributed by atoms with Gasteiger partial charge in [-0.3, -0.25) is 14.6 Å². The van der Waals surface area contributed by atoms with Crippen molar-refractivity contribution in [3.05, 3.63) is 77.1 Å². The molecule has 2 aromatic carbocycles. The minimum Gasteiger partial charge on any atom is -0.481 e. The van der Waals surface area contributed by atoms with Crippen LogP contribution < -0.4 is 10.2 Å². The first-order chi connectivity index (χ1) is 17.6. The Bertz CT molecular complexity index is 1380. The smallest absolute Gasteiger partial charge is 0.433 e. The van der Waals surface area contributed by atoms with Crippen molar-refractivity contribution in [2.75, 3.05) is 30.0 Å². The average molecular weight is 512 g/mol. The molecule has 1 fully saturated rings. The van der Waals surface area contributed by atoms with E-state index in [2.05, 4.69) is 15.2 Å². The number of carbonyl (C=O) groups is 2. The van der Waals surface area contributed by atoms with E-state index in [4.69, 9.17) is 4.74 Å². The van der Waals surface area contributed by atoms with Gasteiger partial charge in [0, 0.05) is 29.7 Å². The van der Waals surface area contributed by atoms with Gasteiger partial charge in [-0.1, -0.05) is 18.2 Å². The van der Waals surface area contributed by atoms with E-state index in [9.17, 15) is 27.9 Å². The van der Waals surface area contributed by atoms with Gasteiger partial charge in [-0.2, -0.15) is 13.2 Å². The number of aromatic nitrogens is 1. The molecule has 3 heterocycles. The Kier molecular flexibility index (Phi) is 6.36. The number of nitrogens with one attached hydrogen (secondary N) is 1. The molecule has 0 radical (unpaired) electrons. The molecule has 0 unspecified atom stereocenters. The molecular formula is C27H24F3N3O4. The van der Waals surface area contributed by atoms with Crippen molar-refractivity contribution in [2.45, 2.75) is 25.6 Å². The molecule has 2 N–H and O–H groups in total. The molecule has 7 nitrogen and oxygen atoms in total. The summed E-state index contributed by atoms with van der Waals surface area (Å²) in [6, 6.07) is 12.9. The number of amides is 1. The molecular weight excluding hydrogens is 487 g/mol. The van der Waals surface area contributed by atoms with Crippen LogP contribution in [0.15, 0.2) is 54.7 Å². The Morgan fingerprint density at radius 2 is 1.95 bits per heavy atom. The number of hydrogen-bond donors (Lipinski definition) is 2. The van der Waals surface area contributed by atoms with Gasteiger partial charge in [-0.25, -0.2) is 0 Å². The molecule has 1 aromatic heterocycles. The highest BCUT2D eigenvalue weighted by Crippen LogP contribution is 2.39. The number of aliphatic carboxylic acids is 1. The van der Waals surface area contributed by atoms with Crippen LogP contribution >= 0.6 is 0 Å². The Hall–Kier alpha value is -3.92. The van der Waals surface area contributed by atoms with E-state index in [1.807, 2.05) is 31.2 Å². The lowest BCUT2D eigenvalue weighted by Gasteiger charge is -2.45. The lowest BCUT2D eigenvalue weighted by atomic mass is 9.84. The zero-order chi connectivity index (χ0) is 26.3. The fourth-order valence-electron chi connectivity index (χ4n) is 4.99. The predicted molar refractivity (Wildman–Crippen MR) is 131 cm³/mol. The van der Waals surface area contributed by atoms with Crippen molar-refractivity contribution in [3.8, 4) is 11.1 Å². The van der Waals surface area contributed by atoms with Gasteiger partial charge in [-0.15, -0.1) is 0 Å². The summed E-state index contributed by atoms with van der Waals surface area (Å²) >= 11 is 0. The number of nitrogens with zero attached hydrogens (tertiary/aromatic N) is 2. The number of carbonyl (C=O) groups excluding carboxylic acids is 1. The maximum Gasteiger partial charge on any atom is 0.433 e. The highest BCUT2D eigenvalue weighted by molar-refractivity contribution is 6.04. The van der Waals surface area contributed by atoms with Crippen molar-refractivity contribution >= 4 is 23.3 Å². The molecule has 3 aromatic rings. The van der Waals surface area contributed by atoms with Gasteiger partial charge in [0.1, 0.15) is 5.69 Å². The third kappa shape index (κ3) is 4.89. The zero-order valence-electron chi connectivity index (χ0n) is 19.9. The number of aryl methyl sites for hydroxylation is 1. The number of alkyl halides is 3. The lowest BCUT2D eigenvalue weighted by Crippen LogP contribution is -2.54. The molecule has 1 saturated heterocycles. The van der Waals surface area contributed by atoms with Crippen LogP contribution in [0.2, 0.25) is 0 Å². The van der Waals surface area contributed by atoms with Crippen LogP contribution in [-0.2, 0) is 22.1 Å². The van der Waals surface area contributed by atoms with E-state index in [1.165, 1.54) is 6.07 Å². The van der Waals surface area contributed by atoms with Crippen molar-refractivity contribution in [1.82, 2.24) is 4.98 Å². The molecule has 5 rings (SSSR count). The normalized spacial score (nSPS) is 19.1. The molecule has 192 valence electrons. The Morgan fingerprint density at radius 3 is 2.70 bits per heavy atom. The largest absolute Gasteiger partial charge is 0.481 e. The molecule has 2 aliphatic rings. The second-order valence-corrected chi connectivity index (χ2v) is 9.24. The number of hydrogen-bond acceptors (Lipinski definition) is 5. The molecule has 2 atom stereocenters. The summed E-state index contributed by atoms with van der Waals surface area (Å²) in [5, 5.41) is 12.4. The summed E-state index contributed by atoms with van der Waals surface area (Å²) in [5.41, 5.74) is 3.74. The summed E-state index contributed by atoms with van der Waals surface area (Å²) in [7, 11) is 0. The Balaban J connectivity index is 1.44. The number of carboxylic acids is 1. The predicted octanol–water partition coefficient (Wildman–Crippen LogP) is 4.79. The van der Waals surface area contributed by atoms with Crippen molar-refractivity contribution in [1.29, 1.82) is 0 Å². The van der Waals surface area contributed by atoms with Crippen LogP contribution in [0, 0.1) is 12.8 Å². The average Bonchev–Trinajstić information content (AvgIpc) is 2.88. The van der Waals surface area contributed by atoms with Gasteiger partial charge in [0.05, 0.1) is 25.2 Å². The number of morpholine rings is 1. The molecule has 2 aliphatic heterocycles. The van der Waals surface area contributed by atoms with Gasteiger partial charge >= 0.3 is 12.1 Å². The van der Waals surface area contributed by atoms with E-state index in [-0.39, 0.29) is 11.6 Å². The lowest BCUT2D eigenvalue weighted by molar-refractivity contribution is -0.144. The molecule has 0 bridgehead atoms. The van der Waals surface area contributed by atoms with Crippen LogP contribution in [-0.4, -0.2) is 47.8 Å². The van der Waals surface area contributed by atoms with Crippen LogP contribution in [0.5, 0.6) is 0 Å². The summed E-state index contributed by atoms with van der Waals surface area (Å²) in [4.78, 5) is 30.0. The highest BCUT2D eigenvalue weighted by Gasteiger charge is 2.40. The maximum absolute atomic E-state index is 13.0. The first kappa shape index (κ1) is 24.8. The summed E-state index contributed by atoms with van der Waals surface area (Å²) in [5.74, 6) is -2.07. The van der Waals surface area contributed by atoms with Crippen molar-refractivity contribution < 1.29 is 32.6 Å². The third-order valence-corrected chi connectivity index (χ3v) is 6.90. The number of carboxylic acid groups (broad SMARTS) is 1.